The van der Waals surface area contributed by atoms with E-state index in [1.807, 2.05) is 63.5 Å². The van der Waals surface area contributed by atoms with E-state index >= 15 is 0 Å². The maximum atomic E-state index is 12.3. The Bertz CT molecular complexity index is 846. The van der Waals surface area contributed by atoms with Gasteiger partial charge in [0.2, 0.25) is 12.2 Å². The minimum Gasteiger partial charge on any atom is -0.373 e. The van der Waals surface area contributed by atoms with Crippen LogP contribution < -0.4 is 10.6 Å². The lowest BCUT2D eigenvalue weighted by Crippen LogP contribution is -2.42. The van der Waals surface area contributed by atoms with E-state index in [2.05, 4.69) is 16.7 Å². The Hall–Kier alpha value is -2.31. The molecule has 0 aliphatic carbocycles. The second-order valence-electron chi connectivity index (χ2n) is 7.39. The number of carbonyl (C=O) groups excluding carboxylic acids is 2. The molecule has 1 aliphatic rings. The standard InChI is InChI=1S/C21H23N2O3S/c1-21(2,3)26-13-15(12-24)22-20(25)11-14-8-9-19-17(10-14)23-16-6-4-5-7-18(16)27-19/h4-10,15,23H,11,13H2,1-3H3,(H,22,25)/t15-/m1/s1. The number of hydrogen-bond acceptors (Lipinski definition) is 5. The van der Waals surface area contributed by atoms with Gasteiger partial charge < -0.3 is 15.4 Å². The third-order valence-corrected chi connectivity index (χ3v) is 5.10. The maximum Gasteiger partial charge on any atom is 0.225 e. The first-order valence-corrected chi connectivity index (χ1v) is 9.63. The van der Waals surface area contributed by atoms with Gasteiger partial charge in [-0.3, -0.25) is 9.59 Å². The maximum absolute atomic E-state index is 12.3. The summed E-state index contributed by atoms with van der Waals surface area (Å²) in [6.07, 6.45) is 2.02. The summed E-state index contributed by atoms with van der Waals surface area (Å²) in [6, 6.07) is 13.3. The van der Waals surface area contributed by atoms with E-state index in [4.69, 9.17) is 4.74 Å². The lowest BCUT2D eigenvalue weighted by Gasteiger charge is -2.22. The molecule has 0 fully saturated rings. The van der Waals surface area contributed by atoms with Gasteiger partial charge in [0, 0.05) is 9.79 Å². The summed E-state index contributed by atoms with van der Waals surface area (Å²) >= 11 is 1.70. The molecule has 3 rings (SSSR count). The first-order chi connectivity index (χ1) is 12.8. The van der Waals surface area contributed by atoms with E-state index in [1.54, 1.807) is 11.8 Å². The third-order valence-electron chi connectivity index (χ3n) is 3.95. The minimum atomic E-state index is -0.769. The smallest absolute Gasteiger partial charge is 0.225 e. The van der Waals surface area contributed by atoms with Crippen LogP contribution in [0.5, 0.6) is 0 Å². The molecule has 141 valence electrons. The normalized spacial score (nSPS) is 13.7. The van der Waals surface area contributed by atoms with Crippen molar-refractivity contribution in [1.82, 2.24) is 5.32 Å². The molecule has 27 heavy (non-hydrogen) atoms. The summed E-state index contributed by atoms with van der Waals surface area (Å²) in [5.41, 5.74) is 2.54. The number of para-hydroxylation sites is 1. The second-order valence-corrected chi connectivity index (χ2v) is 8.48. The first kappa shape index (κ1) is 19.5. The SMILES string of the molecule is CC(C)(C)OC[C@@H]([C]=O)NC(=O)Cc1ccc2c(c1)Nc1ccccc1S2. The minimum absolute atomic E-state index is 0.109. The summed E-state index contributed by atoms with van der Waals surface area (Å²) in [6.45, 7) is 5.80. The van der Waals surface area contributed by atoms with Crippen molar-refractivity contribution in [1.29, 1.82) is 0 Å². The zero-order chi connectivity index (χ0) is 19.4. The summed E-state index contributed by atoms with van der Waals surface area (Å²) in [4.78, 5) is 25.7. The number of anilines is 2. The Labute approximate surface area is 163 Å². The molecule has 1 aliphatic heterocycles. The van der Waals surface area contributed by atoms with Crippen LogP contribution in [0.1, 0.15) is 26.3 Å². The molecule has 1 amide bonds. The number of carbonyl (C=O) groups is 1. The number of benzene rings is 2. The monoisotopic (exact) mass is 383 g/mol. The van der Waals surface area contributed by atoms with Gasteiger partial charge in [-0.1, -0.05) is 30.0 Å². The zero-order valence-electron chi connectivity index (χ0n) is 15.7. The van der Waals surface area contributed by atoms with Gasteiger partial charge >= 0.3 is 0 Å². The number of rotatable bonds is 6. The van der Waals surface area contributed by atoms with Gasteiger partial charge in [-0.15, -0.1) is 0 Å². The van der Waals surface area contributed by atoms with Crippen LogP contribution in [0.3, 0.4) is 0 Å². The number of ether oxygens (including phenoxy) is 1. The number of hydrogen-bond donors (Lipinski definition) is 2. The second kappa shape index (κ2) is 8.15. The molecule has 2 N–H and O–H groups in total. The summed E-state index contributed by atoms with van der Waals surface area (Å²) in [5.74, 6) is -0.232. The van der Waals surface area contributed by atoms with Gasteiger partial charge in [0.25, 0.3) is 0 Å². The van der Waals surface area contributed by atoms with Crippen molar-refractivity contribution >= 4 is 35.3 Å². The highest BCUT2D eigenvalue weighted by Gasteiger charge is 2.19. The molecule has 1 radical (unpaired) electrons. The molecule has 6 heteroatoms. The number of amides is 1. The highest BCUT2D eigenvalue weighted by atomic mass is 32.2. The van der Waals surface area contributed by atoms with Gasteiger partial charge in [0.15, 0.2) is 0 Å². The Balaban J connectivity index is 1.61. The zero-order valence-corrected chi connectivity index (χ0v) is 16.5. The van der Waals surface area contributed by atoms with E-state index in [1.165, 1.54) is 4.90 Å². The van der Waals surface area contributed by atoms with Crippen LogP contribution in [0.25, 0.3) is 0 Å². The number of fused-ring (bicyclic) bond motifs is 2. The van der Waals surface area contributed by atoms with Gasteiger partial charge in [-0.05, 0) is 50.6 Å². The molecule has 1 heterocycles. The van der Waals surface area contributed by atoms with Crippen LogP contribution in [-0.2, 0) is 20.7 Å². The lowest BCUT2D eigenvalue weighted by atomic mass is 10.1. The average molecular weight is 383 g/mol. The molecule has 0 unspecified atom stereocenters. The van der Waals surface area contributed by atoms with Crippen LogP contribution in [0.4, 0.5) is 11.4 Å². The number of nitrogens with one attached hydrogen (secondary N) is 2. The summed E-state index contributed by atoms with van der Waals surface area (Å²) in [5, 5.41) is 6.08. The average Bonchev–Trinajstić information content (AvgIpc) is 2.62. The van der Waals surface area contributed by atoms with E-state index in [-0.39, 0.29) is 24.5 Å². The van der Waals surface area contributed by atoms with Crippen molar-refractivity contribution in [3.63, 3.8) is 0 Å². The van der Waals surface area contributed by atoms with E-state index < -0.39 is 6.04 Å². The molecule has 2 aromatic rings. The molecule has 0 saturated carbocycles. The van der Waals surface area contributed by atoms with Gasteiger partial charge in [0.05, 0.1) is 30.0 Å². The molecule has 0 saturated heterocycles. The Morgan fingerprint density at radius 3 is 2.67 bits per heavy atom. The molecular formula is C21H23N2O3S. The molecule has 0 bridgehead atoms. The van der Waals surface area contributed by atoms with E-state index in [0.717, 1.165) is 21.8 Å². The van der Waals surface area contributed by atoms with Crippen molar-refractivity contribution < 1.29 is 14.3 Å². The predicted octanol–water partition coefficient (Wildman–Crippen LogP) is 3.85. The lowest BCUT2D eigenvalue weighted by molar-refractivity contribution is -0.121. The predicted molar refractivity (Wildman–Crippen MR) is 107 cm³/mol. The van der Waals surface area contributed by atoms with Gasteiger partial charge in [-0.2, -0.15) is 0 Å². The molecule has 0 aromatic heterocycles. The third kappa shape index (κ3) is 5.34. The fourth-order valence-corrected chi connectivity index (χ4v) is 3.63. The molecule has 0 spiro atoms. The molecule has 1 atom stereocenters. The van der Waals surface area contributed by atoms with Gasteiger partial charge in [0.1, 0.15) is 6.04 Å². The molecule has 2 aromatic carbocycles. The Morgan fingerprint density at radius 2 is 1.93 bits per heavy atom. The fourth-order valence-electron chi connectivity index (χ4n) is 2.67. The Morgan fingerprint density at radius 1 is 1.19 bits per heavy atom. The van der Waals surface area contributed by atoms with Gasteiger partial charge in [-0.25, -0.2) is 0 Å². The van der Waals surface area contributed by atoms with Crippen molar-refractivity contribution in [2.75, 3.05) is 11.9 Å². The van der Waals surface area contributed by atoms with Crippen molar-refractivity contribution in [3.05, 3.63) is 48.0 Å². The topological polar surface area (TPSA) is 67.4 Å². The quantitative estimate of drug-likeness (QED) is 0.677. The highest BCUT2D eigenvalue weighted by molar-refractivity contribution is 7.99. The highest BCUT2D eigenvalue weighted by Crippen LogP contribution is 2.44. The van der Waals surface area contributed by atoms with Crippen molar-refractivity contribution in [3.8, 4) is 0 Å². The molecule has 5 nitrogen and oxygen atoms in total. The van der Waals surface area contributed by atoms with Crippen molar-refractivity contribution in [2.24, 2.45) is 0 Å². The fraction of sp³-hybridized carbons (Fsp3) is 0.333. The molecular weight excluding hydrogens is 360 g/mol. The Kier molecular flexibility index (Phi) is 5.87. The van der Waals surface area contributed by atoms with Crippen LogP contribution in [0.15, 0.2) is 52.3 Å². The first-order valence-electron chi connectivity index (χ1n) is 8.82. The van der Waals surface area contributed by atoms with Crippen molar-refractivity contribution in [2.45, 2.75) is 48.6 Å². The van der Waals surface area contributed by atoms with Crippen LogP contribution in [0, 0.1) is 0 Å². The van der Waals surface area contributed by atoms with Crippen LogP contribution >= 0.6 is 11.8 Å². The largest absolute Gasteiger partial charge is 0.373 e. The summed E-state index contributed by atoms with van der Waals surface area (Å²) in [7, 11) is 0. The van der Waals surface area contributed by atoms with Crippen LogP contribution in [0.2, 0.25) is 0 Å². The van der Waals surface area contributed by atoms with E-state index in [9.17, 15) is 9.59 Å². The van der Waals surface area contributed by atoms with Crippen LogP contribution in [-0.4, -0.2) is 30.4 Å². The van der Waals surface area contributed by atoms with E-state index in [0.29, 0.717) is 0 Å². The summed E-state index contributed by atoms with van der Waals surface area (Å²) < 4.78 is 5.55.